The van der Waals surface area contributed by atoms with E-state index >= 15 is 0 Å². The van der Waals surface area contributed by atoms with Crippen molar-refractivity contribution in [2.24, 2.45) is 0 Å². The number of aliphatic hydroxyl groups is 1. The van der Waals surface area contributed by atoms with Crippen LogP contribution in [-0.4, -0.2) is 14.9 Å². The fourth-order valence-corrected chi connectivity index (χ4v) is 1.86. The third-order valence-electron chi connectivity index (χ3n) is 2.76. The molecule has 18 heavy (non-hydrogen) atoms. The molecule has 88 valence electrons. The zero-order valence-corrected chi connectivity index (χ0v) is 9.69. The maximum Gasteiger partial charge on any atom is 0.141 e. The molecule has 0 aliphatic carbocycles. The van der Waals surface area contributed by atoms with Gasteiger partial charge in [-0.2, -0.15) is 5.10 Å². The quantitative estimate of drug-likeness (QED) is 0.691. The van der Waals surface area contributed by atoms with Crippen LogP contribution in [0, 0.1) is 0 Å². The van der Waals surface area contributed by atoms with Crippen LogP contribution in [-0.2, 0) is 0 Å². The van der Waals surface area contributed by atoms with Gasteiger partial charge in [0.1, 0.15) is 5.76 Å². The summed E-state index contributed by atoms with van der Waals surface area (Å²) in [5, 5.41) is 15.4. The van der Waals surface area contributed by atoms with E-state index in [0.29, 0.717) is 0 Å². The number of nitrogens with zero attached hydrogens (tertiary/aromatic N) is 2. The molecular formula is C15H12N2O. The molecule has 0 radical (unpaired) electrons. The highest BCUT2D eigenvalue weighted by Gasteiger charge is 2.00. The monoisotopic (exact) mass is 236 g/mol. The van der Waals surface area contributed by atoms with E-state index in [2.05, 4.69) is 5.10 Å². The van der Waals surface area contributed by atoms with Crippen LogP contribution in [0.3, 0.4) is 0 Å². The Kier molecular flexibility index (Phi) is 2.57. The lowest BCUT2D eigenvalue weighted by molar-refractivity contribution is 0.513. The number of aromatic nitrogens is 2. The zero-order valence-electron chi connectivity index (χ0n) is 9.69. The number of aliphatic hydroxyl groups excluding tert-OH is 1. The van der Waals surface area contributed by atoms with Crippen LogP contribution < -0.4 is 0 Å². The summed E-state index contributed by atoms with van der Waals surface area (Å²) in [7, 11) is 0. The van der Waals surface area contributed by atoms with Crippen molar-refractivity contribution in [1.82, 2.24) is 9.78 Å². The van der Waals surface area contributed by atoms with Gasteiger partial charge >= 0.3 is 0 Å². The number of rotatable bonds is 2. The van der Waals surface area contributed by atoms with Crippen LogP contribution in [0.25, 0.3) is 22.9 Å². The summed E-state index contributed by atoms with van der Waals surface area (Å²) in [5.41, 5.74) is 1.69. The molecule has 0 spiro atoms. The molecule has 0 unspecified atom stereocenters. The number of benzene rings is 2. The summed E-state index contributed by atoms with van der Waals surface area (Å²) in [4.78, 5) is 0. The molecule has 1 aromatic heterocycles. The number of hydrogen-bond acceptors (Lipinski definition) is 2. The van der Waals surface area contributed by atoms with Crippen molar-refractivity contribution in [2.75, 3.05) is 0 Å². The molecule has 0 amide bonds. The van der Waals surface area contributed by atoms with Crippen LogP contribution in [0.4, 0.5) is 0 Å². The van der Waals surface area contributed by atoms with Crippen LogP contribution >= 0.6 is 0 Å². The highest BCUT2D eigenvalue weighted by Crippen LogP contribution is 2.15. The number of fused-ring (bicyclic) bond motifs is 1. The zero-order chi connectivity index (χ0) is 12.4. The molecule has 3 nitrogen and oxygen atoms in total. The van der Waals surface area contributed by atoms with E-state index < -0.39 is 0 Å². The lowest BCUT2D eigenvalue weighted by Gasteiger charge is -1.99. The summed E-state index contributed by atoms with van der Waals surface area (Å²) in [6, 6.07) is 17.3. The highest BCUT2D eigenvalue weighted by molar-refractivity contribution is 5.79. The average molecular weight is 236 g/mol. The van der Waals surface area contributed by atoms with Crippen LogP contribution in [0.2, 0.25) is 0 Å². The Balaban J connectivity index is 2.00. The summed E-state index contributed by atoms with van der Waals surface area (Å²) in [5.74, 6) is 0.198. The van der Waals surface area contributed by atoms with Crippen molar-refractivity contribution < 1.29 is 5.11 Å². The van der Waals surface area contributed by atoms with Crippen molar-refractivity contribution in [3.05, 3.63) is 66.4 Å². The van der Waals surface area contributed by atoms with Crippen molar-refractivity contribution >= 4 is 22.9 Å². The molecule has 0 saturated heterocycles. The van der Waals surface area contributed by atoms with Gasteiger partial charge in [-0.3, -0.25) is 0 Å². The fourth-order valence-electron chi connectivity index (χ4n) is 1.86. The molecule has 0 atom stereocenters. The largest absolute Gasteiger partial charge is 0.506 e. The predicted octanol–water partition coefficient (Wildman–Crippen LogP) is 3.55. The summed E-state index contributed by atoms with van der Waals surface area (Å²) in [6.45, 7) is 0. The Labute approximate surface area is 105 Å². The van der Waals surface area contributed by atoms with Crippen LogP contribution in [0.1, 0.15) is 5.56 Å². The van der Waals surface area contributed by atoms with E-state index in [1.54, 1.807) is 10.9 Å². The minimum atomic E-state index is 0.198. The Bertz CT molecular complexity index is 666. The van der Waals surface area contributed by atoms with Gasteiger partial charge in [-0.15, -0.1) is 0 Å². The van der Waals surface area contributed by atoms with Gasteiger partial charge in [0.15, 0.2) is 0 Å². The average Bonchev–Trinajstić information content (AvgIpc) is 2.82. The topological polar surface area (TPSA) is 38.0 Å². The molecule has 0 saturated carbocycles. The molecule has 1 heterocycles. The van der Waals surface area contributed by atoms with Crippen molar-refractivity contribution in [2.45, 2.75) is 0 Å². The predicted molar refractivity (Wildman–Crippen MR) is 73.0 cm³/mol. The van der Waals surface area contributed by atoms with E-state index in [1.165, 1.54) is 0 Å². The Hall–Kier alpha value is -2.55. The van der Waals surface area contributed by atoms with Gasteiger partial charge < -0.3 is 5.11 Å². The fraction of sp³-hybridized carbons (Fsp3) is 0. The summed E-state index contributed by atoms with van der Waals surface area (Å²) >= 11 is 0. The van der Waals surface area contributed by atoms with Gasteiger partial charge in [-0.25, -0.2) is 4.68 Å². The maximum atomic E-state index is 10.00. The van der Waals surface area contributed by atoms with Crippen molar-refractivity contribution in [3.63, 3.8) is 0 Å². The van der Waals surface area contributed by atoms with Gasteiger partial charge in [0, 0.05) is 17.1 Å². The second kappa shape index (κ2) is 4.37. The molecule has 2 aromatic carbocycles. The van der Waals surface area contributed by atoms with E-state index in [9.17, 15) is 5.11 Å². The first-order valence-corrected chi connectivity index (χ1v) is 5.73. The summed E-state index contributed by atoms with van der Waals surface area (Å²) in [6.07, 6.45) is 3.49. The van der Waals surface area contributed by atoms with Crippen LogP contribution in [0.15, 0.2) is 60.8 Å². The van der Waals surface area contributed by atoms with E-state index in [1.807, 2.05) is 60.8 Å². The number of hydrogen-bond donors (Lipinski definition) is 1. The minimum absolute atomic E-state index is 0.198. The Morgan fingerprint density at radius 3 is 2.50 bits per heavy atom. The van der Waals surface area contributed by atoms with E-state index in [-0.39, 0.29) is 5.76 Å². The van der Waals surface area contributed by atoms with Gasteiger partial charge in [-0.1, -0.05) is 48.5 Å². The van der Waals surface area contributed by atoms with Gasteiger partial charge in [0.2, 0.25) is 0 Å². The first kappa shape index (κ1) is 10.6. The first-order chi connectivity index (χ1) is 8.83. The molecule has 0 fully saturated rings. The molecule has 3 rings (SSSR count). The lowest BCUT2D eigenvalue weighted by Crippen LogP contribution is -1.90. The standard InChI is InChI=1S/C15H12N2O/c18-15(12-6-2-1-3-7-12)11-17-10-13-8-4-5-9-14(13)16-17/h1-11,18H/b15-11-. The first-order valence-electron chi connectivity index (χ1n) is 5.73. The Morgan fingerprint density at radius 2 is 1.72 bits per heavy atom. The molecule has 3 heteroatoms. The van der Waals surface area contributed by atoms with E-state index in [4.69, 9.17) is 0 Å². The molecule has 0 aliphatic rings. The minimum Gasteiger partial charge on any atom is -0.506 e. The highest BCUT2D eigenvalue weighted by atomic mass is 16.3. The second-order valence-corrected chi connectivity index (χ2v) is 4.05. The summed E-state index contributed by atoms with van der Waals surface area (Å²) < 4.78 is 1.63. The third-order valence-corrected chi connectivity index (χ3v) is 2.76. The lowest BCUT2D eigenvalue weighted by atomic mass is 10.2. The van der Waals surface area contributed by atoms with E-state index in [0.717, 1.165) is 16.5 Å². The van der Waals surface area contributed by atoms with Crippen molar-refractivity contribution in [3.8, 4) is 0 Å². The second-order valence-electron chi connectivity index (χ2n) is 4.05. The van der Waals surface area contributed by atoms with Crippen molar-refractivity contribution in [1.29, 1.82) is 0 Å². The smallest absolute Gasteiger partial charge is 0.141 e. The molecule has 0 bridgehead atoms. The van der Waals surface area contributed by atoms with Gasteiger partial charge in [0.05, 0.1) is 11.7 Å². The third kappa shape index (κ3) is 1.98. The molecular weight excluding hydrogens is 224 g/mol. The van der Waals surface area contributed by atoms with Gasteiger partial charge in [-0.05, 0) is 6.07 Å². The molecule has 1 N–H and O–H groups in total. The normalized spacial score (nSPS) is 11.9. The van der Waals surface area contributed by atoms with Crippen LogP contribution in [0.5, 0.6) is 0 Å². The maximum absolute atomic E-state index is 10.00. The SMILES string of the molecule is O/C(=C\n1cc2ccccc2n1)c1ccccc1. The molecule has 0 aliphatic heterocycles. The Morgan fingerprint density at radius 1 is 1.00 bits per heavy atom. The van der Waals surface area contributed by atoms with Gasteiger partial charge in [0.25, 0.3) is 0 Å². The molecule has 3 aromatic rings.